The van der Waals surface area contributed by atoms with Crippen LogP contribution < -0.4 is 15.4 Å². The standard InChI is InChI=1S/C24H23N3O5S/c1-16-7-9-17(10-8-16)14-25-23(28)15-33-22-12-11-18(13-20(22)27(30)31)24(29)26-19-5-3-4-6-21(19)32-2/h3-13H,14-15H2,1-2H3,(H,25,28)(H,26,29). The summed E-state index contributed by atoms with van der Waals surface area (Å²) in [5.74, 6) is -0.258. The SMILES string of the molecule is COc1ccccc1NC(=O)c1ccc(SCC(=O)NCc2ccc(C)cc2)c([N+](=O)[O-])c1. The number of methoxy groups -OCH3 is 1. The minimum Gasteiger partial charge on any atom is -0.495 e. The Labute approximate surface area is 195 Å². The van der Waals surface area contributed by atoms with E-state index in [2.05, 4.69) is 10.6 Å². The first-order valence-electron chi connectivity index (χ1n) is 10.0. The van der Waals surface area contributed by atoms with Crippen molar-refractivity contribution in [2.45, 2.75) is 18.4 Å². The predicted molar refractivity (Wildman–Crippen MR) is 128 cm³/mol. The number of aryl methyl sites for hydroxylation is 1. The number of hydrogen-bond acceptors (Lipinski definition) is 6. The first-order chi connectivity index (χ1) is 15.9. The van der Waals surface area contributed by atoms with Crippen molar-refractivity contribution in [2.75, 3.05) is 18.2 Å². The molecule has 3 aromatic carbocycles. The minimum absolute atomic E-state index is 0.0134. The number of nitro groups is 1. The molecular weight excluding hydrogens is 442 g/mol. The molecule has 0 aliphatic rings. The summed E-state index contributed by atoms with van der Waals surface area (Å²) in [6.45, 7) is 2.36. The molecule has 3 aromatic rings. The molecule has 0 radical (unpaired) electrons. The summed E-state index contributed by atoms with van der Waals surface area (Å²) in [7, 11) is 1.48. The van der Waals surface area contributed by atoms with Crippen molar-refractivity contribution in [3.05, 3.63) is 93.5 Å². The van der Waals surface area contributed by atoms with Crippen LogP contribution >= 0.6 is 11.8 Å². The van der Waals surface area contributed by atoms with Crippen molar-refractivity contribution in [2.24, 2.45) is 0 Å². The molecule has 0 heterocycles. The smallest absolute Gasteiger partial charge is 0.283 e. The van der Waals surface area contributed by atoms with Crippen LogP contribution in [0.4, 0.5) is 11.4 Å². The summed E-state index contributed by atoms with van der Waals surface area (Å²) in [6.07, 6.45) is 0. The second-order valence-corrected chi connectivity index (χ2v) is 8.16. The summed E-state index contributed by atoms with van der Waals surface area (Å²) < 4.78 is 5.21. The molecule has 0 spiro atoms. The lowest BCUT2D eigenvalue weighted by molar-refractivity contribution is -0.387. The number of anilines is 1. The Balaban J connectivity index is 1.64. The summed E-state index contributed by atoms with van der Waals surface area (Å²) >= 11 is 1.05. The van der Waals surface area contributed by atoms with E-state index in [0.29, 0.717) is 22.9 Å². The van der Waals surface area contributed by atoms with E-state index < -0.39 is 10.8 Å². The lowest BCUT2D eigenvalue weighted by Gasteiger charge is -2.10. The molecule has 33 heavy (non-hydrogen) atoms. The van der Waals surface area contributed by atoms with E-state index in [0.717, 1.165) is 22.9 Å². The van der Waals surface area contributed by atoms with E-state index in [1.54, 1.807) is 24.3 Å². The Morgan fingerprint density at radius 3 is 2.48 bits per heavy atom. The molecule has 2 amide bonds. The highest BCUT2D eigenvalue weighted by atomic mass is 32.2. The molecule has 0 unspecified atom stereocenters. The second-order valence-electron chi connectivity index (χ2n) is 7.15. The highest BCUT2D eigenvalue weighted by Crippen LogP contribution is 2.31. The number of thioether (sulfide) groups is 1. The van der Waals surface area contributed by atoms with Crippen molar-refractivity contribution in [1.82, 2.24) is 5.32 Å². The molecule has 9 heteroatoms. The van der Waals surface area contributed by atoms with Crippen molar-refractivity contribution in [3.63, 3.8) is 0 Å². The van der Waals surface area contributed by atoms with Gasteiger partial charge in [-0.3, -0.25) is 19.7 Å². The maximum Gasteiger partial charge on any atom is 0.283 e. The van der Waals surface area contributed by atoms with E-state index in [4.69, 9.17) is 4.74 Å². The summed E-state index contributed by atoms with van der Waals surface area (Å²) in [6, 6.07) is 18.8. The molecule has 8 nitrogen and oxygen atoms in total. The molecule has 0 aromatic heterocycles. The molecule has 0 saturated carbocycles. The number of carbonyl (C=O) groups excluding carboxylic acids is 2. The molecule has 3 rings (SSSR count). The quantitative estimate of drug-likeness (QED) is 0.272. The average Bonchev–Trinajstić information content (AvgIpc) is 2.82. The van der Waals surface area contributed by atoms with Gasteiger partial charge in [0.1, 0.15) is 5.75 Å². The molecule has 0 saturated heterocycles. The Bertz CT molecular complexity index is 1170. The topological polar surface area (TPSA) is 111 Å². The number of amides is 2. The van der Waals surface area contributed by atoms with E-state index in [9.17, 15) is 19.7 Å². The summed E-state index contributed by atoms with van der Waals surface area (Å²) in [4.78, 5) is 36.1. The van der Waals surface area contributed by atoms with E-state index in [1.165, 1.54) is 25.3 Å². The van der Waals surface area contributed by atoms with E-state index in [-0.39, 0.29) is 22.9 Å². The molecule has 0 bridgehead atoms. The molecule has 0 aliphatic heterocycles. The van der Waals surface area contributed by atoms with Crippen LogP contribution in [0.2, 0.25) is 0 Å². The number of carbonyl (C=O) groups is 2. The molecule has 2 N–H and O–H groups in total. The van der Waals surface area contributed by atoms with Crippen LogP contribution in [0.15, 0.2) is 71.6 Å². The summed E-state index contributed by atoms with van der Waals surface area (Å²) in [5, 5.41) is 17.1. The Hall–Kier alpha value is -3.85. The fourth-order valence-corrected chi connectivity index (χ4v) is 3.80. The van der Waals surface area contributed by atoms with Gasteiger partial charge in [0.25, 0.3) is 11.6 Å². The highest BCUT2D eigenvalue weighted by molar-refractivity contribution is 8.00. The van der Waals surface area contributed by atoms with Crippen molar-refractivity contribution in [1.29, 1.82) is 0 Å². The first-order valence-corrected chi connectivity index (χ1v) is 11.0. The monoisotopic (exact) mass is 465 g/mol. The fraction of sp³-hybridized carbons (Fsp3) is 0.167. The zero-order valence-electron chi connectivity index (χ0n) is 18.2. The van der Waals surface area contributed by atoms with Gasteiger partial charge < -0.3 is 15.4 Å². The van der Waals surface area contributed by atoms with Crippen molar-refractivity contribution >= 4 is 35.0 Å². The van der Waals surface area contributed by atoms with Crippen LogP contribution in [0.1, 0.15) is 21.5 Å². The normalized spacial score (nSPS) is 10.4. The van der Waals surface area contributed by atoms with Gasteiger partial charge in [0, 0.05) is 18.2 Å². The molecule has 170 valence electrons. The number of nitro benzene ring substituents is 1. The zero-order valence-corrected chi connectivity index (χ0v) is 19.0. The van der Waals surface area contributed by atoms with Crippen LogP contribution in [0.5, 0.6) is 5.75 Å². The van der Waals surface area contributed by atoms with Crippen LogP contribution in [0, 0.1) is 17.0 Å². The van der Waals surface area contributed by atoms with Gasteiger partial charge in [-0.15, -0.1) is 11.8 Å². The van der Waals surface area contributed by atoms with Gasteiger partial charge in [0.15, 0.2) is 0 Å². The van der Waals surface area contributed by atoms with Crippen LogP contribution in [-0.4, -0.2) is 29.6 Å². The largest absolute Gasteiger partial charge is 0.495 e. The molecule has 0 aliphatic carbocycles. The number of ether oxygens (including phenoxy) is 1. The van der Waals surface area contributed by atoms with Crippen LogP contribution in [0.25, 0.3) is 0 Å². The Morgan fingerprint density at radius 2 is 1.79 bits per heavy atom. The van der Waals surface area contributed by atoms with Crippen LogP contribution in [0.3, 0.4) is 0 Å². The van der Waals surface area contributed by atoms with Crippen molar-refractivity contribution < 1.29 is 19.2 Å². The number of hydrogen-bond donors (Lipinski definition) is 2. The van der Waals surface area contributed by atoms with Gasteiger partial charge in [-0.2, -0.15) is 0 Å². The second kappa shape index (κ2) is 11.1. The minimum atomic E-state index is -0.563. The molecule has 0 atom stereocenters. The lowest BCUT2D eigenvalue weighted by atomic mass is 10.1. The maximum absolute atomic E-state index is 12.6. The Morgan fingerprint density at radius 1 is 1.06 bits per heavy atom. The average molecular weight is 466 g/mol. The molecular formula is C24H23N3O5S. The first kappa shape index (κ1) is 23.8. The third-order valence-corrected chi connectivity index (χ3v) is 5.80. The number of nitrogens with one attached hydrogen (secondary N) is 2. The van der Waals surface area contributed by atoms with Gasteiger partial charge in [-0.25, -0.2) is 0 Å². The number of rotatable bonds is 9. The predicted octanol–water partition coefficient (Wildman–Crippen LogP) is 4.57. The lowest BCUT2D eigenvalue weighted by Crippen LogP contribution is -2.24. The van der Waals surface area contributed by atoms with Gasteiger partial charge >= 0.3 is 0 Å². The van der Waals surface area contributed by atoms with Gasteiger partial charge in [0.2, 0.25) is 5.91 Å². The third-order valence-electron chi connectivity index (χ3n) is 4.74. The fourth-order valence-electron chi connectivity index (χ4n) is 2.97. The Kier molecular flexibility index (Phi) is 8.04. The summed E-state index contributed by atoms with van der Waals surface area (Å²) in [5.41, 5.74) is 2.44. The van der Waals surface area contributed by atoms with E-state index >= 15 is 0 Å². The zero-order chi connectivity index (χ0) is 23.8. The van der Waals surface area contributed by atoms with E-state index in [1.807, 2.05) is 31.2 Å². The molecule has 0 fully saturated rings. The third kappa shape index (κ3) is 6.56. The van der Waals surface area contributed by atoms with Crippen LogP contribution in [-0.2, 0) is 11.3 Å². The highest BCUT2D eigenvalue weighted by Gasteiger charge is 2.19. The number of nitrogens with zero attached hydrogens (tertiary/aromatic N) is 1. The number of para-hydroxylation sites is 2. The number of benzene rings is 3. The van der Waals surface area contributed by atoms with Gasteiger partial charge in [-0.05, 0) is 36.8 Å². The van der Waals surface area contributed by atoms with Gasteiger partial charge in [0.05, 0.1) is 28.4 Å². The van der Waals surface area contributed by atoms with Crippen molar-refractivity contribution in [3.8, 4) is 5.75 Å². The maximum atomic E-state index is 12.6. The van der Waals surface area contributed by atoms with Gasteiger partial charge in [-0.1, -0.05) is 42.0 Å².